The van der Waals surface area contributed by atoms with Crippen LogP contribution in [-0.4, -0.2) is 34.2 Å². The van der Waals surface area contributed by atoms with Crippen LogP contribution in [0.4, 0.5) is 8.78 Å². The molecule has 2 rings (SSSR count). The van der Waals surface area contributed by atoms with Gasteiger partial charge in [-0.3, -0.25) is 0 Å². The number of ether oxygens (including phenoxy) is 1. The van der Waals surface area contributed by atoms with Gasteiger partial charge in [0.05, 0.1) is 12.6 Å². The summed E-state index contributed by atoms with van der Waals surface area (Å²) in [5.41, 5.74) is -0.960. The highest BCUT2D eigenvalue weighted by Gasteiger charge is 2.41. The van der Waals surface area contributed by atoms with E-state index in [0.717, 1.165) is 12.1 Å². The van der Waals surface area contributed by atoms with Crippen LogP contribution in [0.15, 0.2) is 24.3 Å². The molecule has 0 spiro atoms. The summed E-state index contributed by atoms with van der Waals surface area (Å²) in [5, 5.41) is 17.8. The topological polar surface area (TPSA) is 96.7 Å². The molecule has 0 amide bonds. The Hall–Kier alpha value is -2.77. The number of hydrogen-bond donors (Lipinski definition) is 2. The monoisotopic (exact) mass is 297 g/mol. The van der Waals surface area contributed by atoms with E-state index >= 15 is 0 Å². The van der Waals surface area contributed by atoms with Crippen molar-refractivity contribution in [2.75, 3.05) is 7.11 Å². The first-order chi connectivity index (χ1) is 9.77. The minimum absolute atomic E-state index is 0.00951. The summed E-state index contributed by atoms with van der Waals surface area (Å²) in [6, 6.07) is 4.19. The van der Waals surface area contributed by atoms with Crippen LogP contribution in [0, 0.1) is 0 Å². The highest BCUT2D eigenvalue weighted by atomic mass is 19.3. The molecule has 6 nitrogen and oxygen atoms in total. The highest BCUT2D eigenvalue weighted by molar-refractivity contribution is 5.95. The van der Waals surface area contributed by atoms with Crippen molar-refractivity contribution in [3.63, 3.8) is 0 Å². The van der Waals surface area contributed by atoms with E-state index in [9.17, 15) is 18.4 Å². The highest BCUT2D eigenvalue weighted by Crippen LogP contribution is 2.31. The fourth-order valence-electron chi connectivity index (χ4n) is 1.78. The number of rotatable bonds is 4. The van der Waals surface area contributed by atoms with Gasteiger partial charge < -0.3 is 14.9 Å². The molecule has 0 aliphatic heterocycles. The number of pyridine rings is 1. The first-order valence-corrected chi connectivity index (χ1v) is 5.61. The minimum Gasteiger partial charge on any atom is -0.480 e. The number of carboxylic acids is 2. The lowest BCUT2D eigenvalue weighted by Gasteiger charge is -2.12. The number of benzene rings is 1. The second-order valence-corrected chi connectivity index (χ2v) is 4.14. The van der Waals surface area contributed by atoms with E-state index in [1.807, 2.05) is 0 Å². The van der Waals surface area contributed by atoms with Crippen LogP contribution >= 0.6 is 0 Å². The lowest BCUT2D eigenvalue weighted by molar-refractivity contribution is -0.166. The maximum Gasteiger partial charge on any atom is 0.379 e. The Labute approximate surface area is 116 Å². The van der Waals surface area contributed by atoms with Crippen molar-refractivity contribution in [3.8, 4) is 5.88 Å². The van der Waals surface area contributed by atoms with E-state index in [4.69, 9.17) is 14.9 Å². The minimum atomic E-state index is -4.06. The van der Waals surface area contributed by atoms with E-state index in [1.54, 1.807) is 0 Å². The Morgan fingerprint density at radius 3 is 2.43 bits per heavy atom. The fourth-order valence-corrected chi connectivity index (χ4v) is 1.78. The quantitative estimate of drug-likeness (QED) is 0.897. The Balaban J connectivity index is 2.67. The average molecular weight is 297 g/mol. The van der Waals surface area contributed by atoms with E-state index < -0.39 is 23.4 Å². The first kappa shape index (κ1) is 14.6. The lowest BCUT2D eigenvalue weighted by Crippen LogP contribution is -2.25. The van der Waals surface area contributed by atoms with Crippen molar-refractivity contribution in [2.45, 2.75) is 5.92 Å². The van der Waals surface area contributed by atoms with Gasteiger partial charge in [0.15, 0.2) is 0 Å². The number of halogens is 2. The normalized spacial score (nSPS) is 11.4. The van der Waals surface area contributed by atoms with Crippen LogP contribution in [0.3, 0.4) is 0 Å². The van der Waals surface area contributed by atoms with Gasteiger partial charge in [0.1, 0.15) is 5.56 Å². The molecule has 8 heteroatoms. The van der Waals surface area contributed by atoms with Gasteiger partial charge in [-0.1, -0.05) is 12.1 Å². The second-order valence-electron chi connectivity index (χ2n) is 4.14. The standard InChI is InChI=1S/C13H9F2NO5/c1-21-10-8(11(17)18)4-6-2-3-7(5-9(6)16-10)13(14,15)12(19)20/h2-5H,1H3,(H,17,18)(H,19,20). The Kier molecular flexibility index (Phi) is 3.46. The van der Waals surface area contributed by atoms with Gasteiger partial charge in [0, 0.05) is 10.9 Å². The van der Waals surface area contributed by atoms with Crippen molar-refractivity contribution >= 4 is 22.8 Å². The first-order valence-electron chi connectivity index (χ1n) is 5.61. The van der Waals surface area contributed by atoms with E-state index in [-0.39, 0.29) is 22.3 Å². The molecule has 0 saturated carbocycles. The van der Waals surface area contributed by atoms with Crippen molar-refractivity contribution in [1.29, 1.82) is 0 Å². The smallest absolute Gasteiger partial charge is 0.379 e. The van der Waals surface area contributed by atoms with Crippen LogP contribution < -0.4 is 4.74 Å². The molecule has 0 aliphatic rings. The summed E-state index contributed by atoms with van der Waals surface area (Å²) in [5.74, 6) is -7.86. The average Bonchev–Trinajstić information content (AvgIpc) is 2.44. The third-order valence-corrected chi connectivity index (χ3v) is 2.84. The van der Waals surface area contributed by atoms with Crippen LogP contribution in [0.1, 0.15) is 15.9 Å². The molecule has 2 N–H and O–H groups in total. The number of aliphatic carboxylic acids is 1. The van der Waals surface area contributed by atoms with Crippen molar-refractivity contribution in [3.05, 3.63) is 35.4 Å². The fraction of sp³-hybridized carbons (Fsp3) is 0.154. The number of carboxylic acid groups (broad SMARTS) is 2. The van der Waals surface area contributed by atoms with Crippen molar-refractivity contribution < 1.29 is 33.3 Å². The second kappa shape index (κ2) is 4.97. The molecule has 0 radical (unpaired) electrons. The summed E-state index contributed by atoms with van der Waals surface area (Å²) < 4.78 is 31.7. The number of carbonyl (C=O) groups is 2. The molecular weight excluding hydrogens is 288 g/mol. The largest absolute Gasteiger partial charge is 0.480 e. The van der Waals surface area contributed by atoms with E-state index in [2.05, 4.69) is 4.98 Å². The molecule has 21 heavy (non-hydrogen) atoms. The maximum atomic E-state index is 13.4. The van der Waals surface area contributed by atoms with Crippen LogP contribution in [0.25, 0.3) is 10.9 Å². The zero-order valence-corrected chi connectivity index (χ0v) is 10.6. The Bertz CT molecular complexity index is 745. The van der Waals surface area contributed by atoms with Crippen LogP contribution in [-0.2, 0) is 10.7 Å². The summed E-state index contributed by atoms with van der Waals surface area (Å²) >= 11 is 0. The molecule has 0 saturated heterocycles. The van der Waals surface area contributed by atoms with Gasteiger partial charge in [-0.2, -0.15) is 8.78 Å². The van der Waals surface area contributed by atoms with Crippen molar-refractivity contribution in [1.82, 2.24) is 4.98 Å². The van der Waals surface area contributed by atoms with Gasteiger partial charge >= 0.3 is 17.9 Å². The molecule has 0 unspecified atom stereocenters. The Morgan fingerprint density at radius 2 is 1.90 bits per heavy atom. The zero-order chi connectivity index (χ0) is 15.8. The molecule has 0 aliphatic carbocycles. The van der Waals surface area contributed by atoms with Gasteiger partial charge in [0.2, 0.25) is 5.88 Å². The van der Waals surface area contributed by atoms with Gasteiger partial charge in [-0.05, 0) is 12.1 Å². The molecule has 2 aromatic rings. The SMILES string of the molecule is COc1nc2cc(C(F)(F)C(=O)O)ccc2cc1C(=O)O. The summed E-state index contributed by atoms with van der Waals surface area (Å²) in [6.45, 7) is 0. The third-order valence-electron chi connectivity index (χ3n) is 2.84. The number of alkyl halides is 2. The van der Waals surface area contributed by atoms with Crippen LogP contribution in [0.2, 0.25) is 0 Å². The summed E-state index contributed by atoms with van der Waals surface area (Å²) in [6.07, 6.45) is 0. The van der Waals surface area contributed by atoms with E-state index in [0.29, 0.717) is 0 Å². The molecular formula is C13H9F2NO5. The number of aromatic nitrogens is 1. The van der Waals surface area contributed by atoms with Gasteiger partial charge in [0.25, 0.3) is 0 Å². The summed E-state index contributed by atoms with van der Waals surface area (Å²) in [4.78, 5) is 25.4. The molecule has 0 bridgehead atoms. The molecule has 0 fully saturated rings. The lowest BCUT2D eigenvalue weighted by atomic mass is 10.0. The number of fused-ring (bicyclic) bond motifs is 1. The number of methoxy groups -OCH3 is 1. The zero-order valence-electron chi connectivity index (χ0n) is 10.6. The Morgan fingerprint density at radius 1 is 1.24 bits per heavy atom. The summed E-state index contributed by atoms with van der Waals surface area (Å²) in [7, 11) is 1.19. The molecule has 110 valence electrons. The predicted octanol–water partition coefficient (Wildman–Crippen LogP) is 2.12. The molecule has 1 aromatic carbocycles. The van der Waals surface area contributed by atoms with E-state index in [1.165, 1.54) is 19.2 Å². The van der Waals surface area contributed by atoms with Crippen LogP contribution in [0.5, 0.6) is 5.88 Å². The maximum absolute atomic E-state index is 13.4. The molecule has 1 aromatic heterocycles. The predicted molar refractivity (Wildman–Crippen MR) is 66.8 cm³/mol. The van der Waals surface area contributed by atoms with Crippen molar-refractivity contribution in [2.24, 2.45) is 0 Å². The molecule has 1 heterocycles. The molecule has 0 atom stereocenters. The van der Waals surface area contributed by atoms with Gasteiger partial charge in [-0.25, -0.2) is 14.6 Å². The third kappa shape index (κ3) is 2.47. The number of hydrogen-bond acceptors (Lipinski definition) is 4. The number of aromatic carboxylic acids is 1. The number of nitrogens with zero attached hydrogens (tertiary/aromatic N) is 1. The van der Waals surface area contributed by atoms with Gasteiger partial charge in [-0.15, -0.1) is 0 Å².